The van der Waals surface area contributed by atoms with Gasteiger partial charge in [-0.05, 0) is 24.3 Å². The van der Waals surface area contributed by atoms with Crippen LogP contribution in [0.2, 0.25) is 0 Å². The van der Waals surface area contributed by atoms with Gasteiger partial charge in [-0.3, -0.25) is 14.5 Å². The summed E-state index contributed by atoms with van der Waals surface area (Å²) in [7, 11) is 1.63. The lowest BCUT2D eigenvalue weighted by Crippen LogP contribution is -2.51. The van der Waals surface area contributed by atoms with Gasteiger partial charge in [-0.1, -0.05) is 18.2 Å². The molecular weight excluding hydrogens is 370 g/mol. The summed E-state index contributed by atoms with van der Waals surface area (Å²) in [6.07, 6.45) is 1.59. The Bertz CT molecular complexity index is 973. The van der Waals surface area contributed by atoms with Crippen LogP contribution in [0.5, 0.6) is 0 Å². The highest BCUT2D eigenvalue weighted by atomic mass is 16.3. The second-order valence-electron chi connectivity index (χ2n) is 6.88. The van der Waals surface area contributed by atoms with E-state index in [2.05, 4.69) is 10.4 Å². The van der Waals surface area contributed by atoms with Gasteiger partial charge in [0.15, 0.2) is 5.76 Å². The normalized spacial score (nSPS) is 14.7. The number of carbonyl (C=O) groups excluding carboxylic acids is 2. The van der Waals surface area contributed by atoms with Crippen LogP contribution in [0.15, 0.2) is 59.2 Å². The lowest BCUT2D eigenvalue weighted by molar-refractivity contribution is -0.122. The molecule has 2 amide bonds. The van der Waals surface area contributed by atoms with E-state index in [9.17, 15) is 9.59 Å². The van der Waals surface area contributed by atoms with Gasteiger partial charge in [-0.2, -0.15) is 5.10 Å². The monoisotopic (exact) mass is 393 g/mol. The third-order valence-corrected chi connectivity index (χ3v) is 5.01. The molecule has 4 rings (SSSR count). The highest BCUT2D eigenvalue weighted by Gasteiger charge is 2.27. The van der Waals surface area contributed by atoms with Crippen LogP contribution in [-0.4, -0.2) is 71.2 Å². The Morgan fingerprint density at radius 1 is 1.07 bits per heavy atom. The number of piperazine rings is 1. The number of nitrogens with zero attached hydrogens (tertiary/aromatic N) is 4. The summed E-state index contributed by atoms with van der Waals surface area (Å²) in [5.74, 6) is 0.512. The first kappa shape index (κ1) is 18.9. The molecule has 0 spiro atoms. The van der Waals surface area contributed by atoms with E-state index in [-0.39, 0.29) is 11.8 Å². The van der Waals surface area contributed by atoms with E-state index >= 15 is 0 Å². The largest absolute Gasteiger partial charge is 0.463 e. The van der Waals surface area contributed by atoms with Gasteiger partial charge in [0.25, 0.3) is 5.91 Å². The predicted molar refractivity (Wildman–Crippen MR) is 108 cm³/mol. The number of hydrogen-bond donors (Lipinski definition) is 1. The summed E-state index contributed by atoms with van der Waals surface area (Å²) >= 11 is 0. The van der Waals surface area contributed by atoms with Gasteiger partial charge in [-0.15, -0.1) is 0 Å². The van der Waals surface area contributed by atoms with Crippen LogP contribution in [0.4, 0.5) is 0 Å². The molecule has 1 aromatic carbocycles. The predicted octanol–water partition coefficient (Wildman–Crippen LogP) is 1.64. The molecule has 1 fully saturated rings. The molecule has 8 nitrogen and oxygen atoms in total. The highest BCUT2D eigenvalue weighted by Crippen LogP contribution is 2.23. The Morgan fingerprint density at radius 2 is 1.83 bits per heavy atom. The van der Waals surface area contributed by atoms with Crippen molar-refractivity contribution in [2.24, 2.45) is 0 Å². The quantitative estimate of drug-likeness (QED) is 0.712. The number of likely N-dealkylation sites (N-methyl/N-ethyl adjacent to an activating group) is 1. The summed E-state index contributed by atoms with van der Waals surface area (Å²) in [6, 6.07) is 15.0. The molecule has 8 heteroatoms. The van der Waals surface area contributed by atoms with Crippen molar-refractivity contribution < 1.29 is 14.0 Å². The van der Waals surface area contributed by atoms with Crippen molar-refractivity contribution in [1.82, 2.24) is 24.9 Å². The topological polar surface area (TPSA) is 83.6 Å². The van der Waals surface area contributed by atoms with Crippen LogP contribution in [0.25, 0.3) is 17.1 Å². The first-order chi connectivity index (χ1) is 14.2. The second-order valence-corrected chi connectivity index (χ2v) is 6.88. The molecule has 0 bridgehead atoms. The highest BCUT2D eigenvalue weighted by molar-refractivity contribution is 5.94. The fourth-order valence-electron chi connectivity index (χ4n) is 3.40. The number of carbonyl (C=O) groups is 2. The maximum Gasteiger partial charge on any atom is 0.272 e. The number of nitrogens with one attached hydrogen (secondary N) is 1. The summed E-state index contributed by atoms with van der Waals surface area (Å²) in [5, 5.41) is 7.25. The maximum absolute atomic E-state index is 13.3. The molecule has 2 aromatic heterocycles. The van der Waals surface area contributed by atoms with Crippen molar-refractivity contribution >= 4 is 11.8 Å². The first-order valence-corrected chi connectivity index (χ1v) is 9.57. The molecule has 0 radical (unpaired) electrons. The van der Waals surface area contributed by atoms with E-state index in [1.807, 2.05) is 46.2 Å². The third kappa shape index (κ3) is 4.07. The third-order valence-electron chi connectivity index (χ3n) is 5.01. The van der Waals surface area contributed by atoms with Gasteiger partial charge in [0.1, 0.15) is 11.4 Å². The van der Waals surface area contributed by atoms with Gasteiger partial charge in [0.2, 0.25) is 5.91 Å². The maximum atomic E-state index is 13.3. The van der Waals surface area contributed by atoms with E-state index in [0.29, 0.717) is 49.9 Å². The van der Waals surface area contributed by atoms with Crippen LogP contribution in [-0.2, 0) is 4.79 Å². The standard InChI is InChI=1S/C21H23N5O3/c1-22-20(27)15-24-9-11-25(12-10-24)21(28)18-14-17(19-8-5-13-29-19)23-26(18)16-6-3-2-4-7-16/h2-8,13-14H,9-12,15H2,1H3,(H,22,27). The Morgan fingerprint density at radius 3 is 2.48 bits per heavy atom. The van der Waals surface area contributed by atoms with Gasteiger partial charge in [0.05, 0.1) is 18.5 Å². The zero-order valence-electron chi connectivity index (χ0n) is 16.2. The number of hydrogen-bond acceptors (Lipinski definition) is 5. The molecule has 1 aliphatic heterocycles. The Labute approximate surface area is 168 Å². The van der Waals surface area contributed by atoms with Crippen molar-refractivity contribution in [3.05, 3.63) is 60.5 Å². The zero-order chi connectivity index (χ0) is 20.2. The molecule has 29 heavy (non-hydrogen) atoms. The summed E-state index contributed by atoms with van der Waals surface area (Å²) in [6.45, 7) is 2.79. The molecule has 1 saturated heterocycles. The van der Waals surface area contributed by atoms with Crippen LogP contribution < -0.4 is 5.32 Å². The minimum absolute atomic E-state index is 0.0185. The Kier molecular flexibility index (Phi) is 5.44. The second kappa shape index (κ2) is 8.32. The van der Waals surface area contributed by atoms with Gasteiger partial charge in [0, 0.05) is 39.3 Å². The Hall–Kier alpha value is -3.39. The number of furan rings is 1. The SMILES string of the molecule is CNC(=O)CN1CCN(C(=O)c2cc(-c3ccco3)nn2-c2ccccc2)CC1. The fourth-order valence-corrected chi connectivity index (χ4v) is 3.40. The molecule has 0 saturated carbocycles. The van der Waals surface area contributed by atoms with Crippen molar-refractivity contribution in [2.75, 3.05) is 39.8 Å². The molecule has 1 aliphatic rings. The summed E-state index contributed by atoms with van der Waals surface area (Å²) < 4.78 is 7.13. The number of rotatable bonds is 5. The molecule has 0 aliphatic carbocycles. The lowest BCUT2D eigenvalue weighted by atomic mass is 10.2. The van der Waals surface area contributed by atoms with E-state index in [0.717, 1.165) is 5.69 Å². The number of amides is 2. The zero-order valence-corrected chi connectivity index (χ0v) is 16.2. The van der Waals surface area contributed by atoms with E-state index < -0.39 is 0 Å². The molecule has 150 valence electrons. The van der Waals surface area contributed by atoms with Crippen molar-refractivity contribution in [3.63, 3.8) is 0 Å². The van der Waals surface area contributed by atoms with Crippen molar-refractivity contribution in [2.45, 2.75) is 0 Å². The lowest BCUT2D eigenvalue weighted by Gasteiger charge is -2.34. The molecule has 0 atom stereocenters. The molecule has 3 heterocycles. The summed E-state index contributed by atoms with van der Waals surface area (Å²) in [5.41, 5.74) is 1.91. The molecular formula is C21H23N5O3. The van der Waals surface area contributed by atoms with Gasteiger partial charge >= 0.3 is 0 Å². The van der Waals surface area contributed by atoms with E-state index in [4.69, 9.17) is 4.42 Å². The van der Waals surface area contributed by atoms with Crippen LogP contribution in [0.1, 0.15) is 10.5 Å². The summed E-state index contributed by atoms with van der Waals surface area (Å²) in [4.78, 5) is 28.7. The van der Waals surface area contributed by atoms with Crippen molar-refractivity contribution in [1.29, 1.82) is 0 Å². The number of aromatic nitrogens is 2. The molecule has 1 N–H and O–H groups in total. The van der Waals surface area contributed by atoms with Gasteiger partial charge in [-0.25, -0.2) is 4.68 Å². The van der Waals surface area contributed by atoms with Crippen molar-refractivity contribution in [3.8, 4) is 17.1 Å². The number of para-hydroxylation sites is 1. The van der Waals surface area contributed by atoms with Crippen LogP contribution in [0.3, 0.4) is 0 Å². The fraction of sp³-hybridized carbons (Fsp3) is 0.286. The van der Waals surface area contributed by atoms with E-state index in [1.165, 1.54) is 0 Å². The first-order valence-electron chi connectivity index (χ1n) is 9.57. The van der Waals surface area contributed by atoms with Crippen LogP contribution in [0, 0.1) is 0 Å². The minimum Gasteiger partial charge on any atom is -0.463 e. The van der Waals surface area contributed by atoms with Crippen LogP contribution >= 0.6 is 0 Å². The minimum atomic E-state index is -0.0845. The van der Waals surface area contributed by atoms with Gasteiger partial charge < -0.3 is 14.6 Å². The number of benzene rings is 1. The average Bonchev–Trinajstić information content (AvgIpc) is 3.44. The molecule has 3 aromatic rings. The Balaban J connectivity index is 1.57. The van der Waals surface area contributed by atoms with E-state index in [1.54, 1.807) is 30.1 Å². The smallest absolute Gasteiger partial charge is 0.272 e. The molecule has 0 unspecified atom stereocenters. The average molecular weight is 393 g/mol.